The molecule has 1 fully saturated rings. The number of para-hydroxylation sites is 1. The minimum atomic E-state index is 0.601. The Morgan fingerprint density at radius 3 is 2.95 bits per heavy atom. The second kappa shape index (κ2) is 5.17. The van der Waals surface area contributed by atoms with E-state index in [-0.39, 0.29) is 0 Å². The van der Waals surface area contributed by atoms with Gasteiger partial charge in [0.25, 0.3) is 0 Å². The van der Waals surface area contributed by atoms with Crippen LogP contribution in [0.3, 0.4) is 0 Å². The average Bonchev–Trinajstić information content (AvgIpc) is 2.84. The maximum Gasteiger partial charge on any atom is 0.134 e. The molecule has 19 heavy (non-hydrogen) atoms. The van der Waals surface area contributed by atoms with Gasteiger partial charge < -0.3 is 10.2 Å². The van der Waals surface area contributed by atoms with E-state index in [2.05, 4.69) is 47.5 Å². The zero-order chi connectivity index (χ0) is 13.2. The van der Waals surface area contributed by atoms with Gasteiger partial charge in [0, 0.05) is 30.1 Å². The van der Waals surface area contributed by atoms with E-state index in [0.717, 1.165) is 24.4 Å². The van der Waals surface area contributed by atoms with E-state index in [0.29, 0.717) is 6.04 Å². The molecule has 3 nitrogen and oxygen atoms in total. The number of fused-ring (bicyclic) bond motifs is 1. The summed E-state index contributed by atoms with van der Waals surface area (Å²) < 4.78 is 0. The van der Waals surface area contributed by atoms with E-state index in [1.165, 1.54) is 23.8 Å². The van der Waals surface area contributed by atoms with Crippen molar-refractivity contribution in [3.8, 4) is 0 Å². The van der Waals surface area contributed by atoms with Crippen LogP contribution in [-0.2, 0) is 6.54 Å². The van der Waals surface area contributed by atoms with Gasteiger partial charge in [0.2, 0.25) is 0 Å². The fraction of sp³-hybridized carbons (Fsp3) is 0.438. The van der Waals surface area contributed by atoms with Crippen molar-refractivity contribution in [3.05, 3.63) is 35.9 Å². The van der Waals surface area contributed by atoms with Gasteiger partial charge in [0.05, 0.1) is 5.52 Å². The van der Waals surface area contributed by atoms with Crippen molar-refractivity contribution in [1.29, 1.82) is 0 Å². The van der Waals surface area contributed by atoms with Gasteiger partial charge in [-0.2, -0.15) is 0 Å². The van der Waals surface area contributed by atoms with E-state index in [1.54, 1.807) is 0 Å². The largest absolute Gasteiger partial charge is 0.354 e. The first-order chi connectivity index (χ1) is 9.29. The number of pyridine rings is 1. The van der Waals surface area contributed by atoms with Gasteiger partial charge in [-0.25, -0.2) is 4.98 Å². The molecule has 2 aromatic rings. The van der Waals surface area contributed by atoms with Crippen molar-refractivity contribution in [2.45, 2.75) is 32.4 Å². The molecular formula is C16H21N3. The molecule has 1 aromatic heterocycles. The Morgan fingerprint density at radius 2 is 2.21 bits per heavy atom. The summed E-state index contributed by atoms with van der Waals surface area (Å²) in [6, 6.07) is 11.3. The van der Waals surface area contributed by atoms with E-state index in [1.807, 2.05) is 7.05 Å². The number of rotatable bonds is 3. The lowest BCUT2D eigenvalue weighted by molar-refractivity contribution is 0.718. The molecule has 2 heterocycles. The summed E-state index contributed by atoms with van der Waals surface area (Å²) >= 11 is 0. The van der Waals surface area contributed by atoms with Crippen molar-refractivity contribution < 1.29 is 0 Å². The van der Waals surface area contributed by atoms with Gasteiger partial charge in [-0.3, -0.25) is 0 Å². The lowest BCUT2D eigenvalue weighted by atomic mass is 10.1. The third kappa shape index (κ3) is 2.30. The van der Waals surface area contributed by atoms with E-state index < -0.39 is 0 Å². The van der Waals surface area contributed by atoms with Crippen LogP contribution in [0, 0.1) is 0 Å². The molecule has 3 heteroatoms. The topological polar surface area (TPSA) is 28.2 Å². The summed E-state index contributed by atoms with van der Waals surface area (Å²) in [7, 11) is 1.99. The van der Waals surface area contributed by atoms with Crippen molar-refractivity contribution in [2.75, 3.05) is 18.5 Å². The third-order valence-electron chi connectivity index (χ3n) is 3.97. The van der Waals surface area contributed by atoms with Crippen molar-refractivity contribution in [2.24, 2.45) is 0 Å². The molecule has 0 bridgehead atoms. The smallest absolute Gasteiger partial charge is 0.134 e. The highest BCUT2D eigenvalue weighted by atomic mass is 15.2. The fourth-order valence-corrected chi connectivity index (χ4v) is 2.97. The van der Waals surface area contributed by atoms with Crippen LogP contribution in [0.15, 0.2) is 30.3 Å². The standard InChI is InChI=1S/C16H21N3/c1-12-6-5-9-19(12)16-14(11-17-2)10-13-7-3-4-8-15(13)18-16/h3-4,7-8,10,12,17H,5-6,9,11H2,1-2H3. The maximum absolute atomic E-state index is 4.91. The van der Waals surface area contributed by atoms with Gasteiger partial charge in [-0.05, 0) is 38.9 Å². The summed E-state index contributed by atoms with van der Waals surface area (Å²) in [5, 5.41) is 4.49. The highest BCUT2D eigenvalue weighted by molar-refractivity contribution is 5.82. The fourth-order valence-electron chi connectivity index (χ4n) is 2.97. The molecule has 100 valence electrons. The van der Waals surface area contributed by atoms with Crippen LogP contribution in [0.2, 0.25) is 0 Å². The molecular weight excluding hydrogens is 234 g/mol. The zero-order valence-corrected chi connectivity index (χ0v) is 11.7. The van der Waals surface area contributed by atoms with Crippen molar-refractivity contribution in [1.82, 2.24) is 10.3 Å². The van der Waals surface area contributed by atoms with Crippen LogP contribution in [0.25, 0.3) is 10.9 Å². The van der Waals surface area contributed by atoms with Crippen LogP contribution in [0.4, 0.5) is 5.82 Å². The maximum atomic E-state index is 4.91. The quantitative estimate of drug-likeness (QED) is 0.914. The first-order valence-corrected chi connectivity index (χ1v) is 7.09. The Morgan fingerprint density at radius 1 is 1.37 bits per heavy atom. The summed E-state index contributed by atoms with van der Waals surface area (Å²) in [6.45, 7) is 4.30. The SMILES string of the molecule is CNCc1cc2ccccc2nc1N1CCCC1C. The van der Waals surface area contributed by atoms with Gasteiger partial charge in [-0.15, -0.1) is 0 Å². The summed E-state index contributed by atoms with van der Waals surface area (Å²) in [4.78, 5) is 7.37. The molecule has 0 saturated carbocycles. The van der Waals surface area contributed by atoms with Crippen LogP contribution >= 0.6 is 0 Å². The monoisotopic (exact) mass is 255 g/mol. The summed E-state index contributed by atoms with van der Waals surface area (Å²) in [6.07, 6.45) is 2.54. The Balaban J connectivity index is 2.11. The number of nitrogens with one attached hydrogen (secondary N) is 1. The molecule has 0 aliphatic carbocycles. The second-order valence-electron chi connectivity index (χ2n) is 5.38. The normalized spacial score (nSPS) is 19.3. The van der Waals surface area contributed by atoms with Crippen LogP contribution < -0.4 is 10.2 Å². The van der Waals surface area contributed by atoms with Crippen molar-refractivity contribution >= 4 is 16.7 Å². The Labute approximate surface area is 114 Å². The predicted molar refractivity (Wildman–Crippen MR) is 80.5 cm³/mol. The number of aromatic nitrogens is 1. The molecule has 0 radical (unpaired) electrons. The van der Waals surface area contributed by atoms with Gasteiger partial charge in [0.15, 0.2) is 0 Å². The Hall–Kier alpha value is -1.61. The Bertz CT molecular complexity index is 579. The zero-order valence-electron chi connectivity index (χ0n) is 11.7. The van der Waals surface area contributed by atoms with E-state index in [9.17, 15) is 0 Å². The molecule has 1 saturated heterocycles. The van der Waals surface area contributed by atoms with E-state index >= 15 is 0 Å². The van der Waals surface area contributed by atoms with Crippen LogP contribution in [0.1, 0.15) is 25.3 Å². The lowest BCUT2D eigenvalue weighted by Crippen LogP contribution is -2.29. The molecule has 0 amide bonds. The summed E-state index contributed by atoms with van der Waals surface area (Å²) in [5.41, 5.74) is 2.39. The number of hydrogen-bond acceptors (Lipinski definition) is 3. The van der Waals surface area contributed by atoms with E-state index in [4.69, 9.17) is 4.98 Å². The molecule has 3 rings (SSSR count). The van der Waals surface area contributed by atoms with Gasteiger partial charge in [0.1, 0.15) is 5.82 Å². The Kier molecular flexibility index (Phi) is 3.38. The van der Waals surface area contributed by atoms with Gasteiger partial charge >= 0.3 is 0 Å². The minimum absolute atomic E-state index is 0.601. The molecule has 1 aromatic carbocycles. The molecule has 1 aliphatic heterocycles. The third-order valence-corrected chi connectivity index (χ3v) is 3.97. The highest BCUT2D eigenvalue weighted by Gasteiger charge is 2.23. The first-order valence-electron chi connectivity index (χ1n) is 7.09. The second-order valence-corrected chi connectivity index (χ2v) is 5.38. The minimum Gasteiger partial charge on any atom is -0.354 e. The lowest BCUT2D eigenvalue weighted by Gasteiger charge is -2.25. The highest BCUT2D eigenvalue weighted by Crippen LogP contribution is 2.29. The molecule has 1 aliphatic rings. The number of anilines is 1. The van der Waals surface area contributed by atoms with Crippen LogP contribution in [-0.4, -0.2) is 24.6 Å². The van der Waals surface area contributed by atoms with Crippen LogP contribution in [0.5, 0.6) is 0 Å². The average molecular weight is 255 g/mol. The van der Waals surface area contributed by atoms with Crippen molar-refractivity contribution in [3.63, 3.8) is 0 Å². The van der Waals surface area contributed by atoms with Gasteiger partial charge in [-0.1, -0.05) is 18.2 Å². The predicted octanol–water partition coefficient (Wildman–Crippen LogP) is 2.94. The molecule has 0 spiro atoms. The molecule has 1 N–H and O–H groups in total. The molecule has 1 unspecified atom stereocenters. The number of benzene rings is 1. The number of nitrogens with zero attached hydrogens (tertiary/aromatic N) is 2. The number of hydrogen-bond donors (Lipinski definition) is 1. The first kappa shape index (κ1) is 12.4. The summed E-state index contributed by atoms with van der Waals surface area (Å²) in [5.74, 6) is 1.16. The molecule has 1 atom stereocenters.